The molecule has 5 rings (SSSR count). The van der Waals surface area contributed by atoms with Crippen molar-refractivity contribution in [1.82, 2.24) is 10.6 Å². The van der Waals surface area contributed by atoms with Crippen molar-refractivity contribution < 1.29 is 23.8 Å². The van der Waals surface area contributed by atoms with E-state index in [-0.39, 0.29) is 29.2 Å². The Balaban J connectivity index is 1.34. The van der Waals surface area contributed by atoms with Crippen molar-refractivity contribution in [2.75, 3.05) is 6.61 Å². The van der Waals surface area contributed by atoms with Crippen LogP contribution in [-0.2, 0) is 4.79 Å². The topological polar surface area (TPSA) is 87.7 Å². The summed E-state index contributed by atoms with van der Waals surface area (Å²) in [6, 6.07) is 5.74. The summed E-state index contributed by atoms with van der Waals surface area (Å²) >= 11 is 7.10. The highest BCUT2D eigenvalue weighted by Gasteiger charge is 2.55. The van der Waals surface area contributed by atoms with Crippen LogP contribution in [0.1, 0.15) is 42.5 Å². The highest BCUT2D eigenvalue weighted by atomic mass is 35.5. The second-order valence-electron chi connectivity index (χ2n) is 8.04. The summed E-state index contributed by atoms with van der Waals surface area (Å²) in [5.74, 6) is -0.942. The average Bonchev–Trinajstić information content (AvgIpc) is 3.25. The molecule has 3 fully saturated rings. The van der Waals surface area contributed by atoms with Crippen LogP contribution in [0.4, 0.5) is 4.39 Å². The number of thiophene rings is 1. The minimum atomic E-state index is -0.778. The molecule has 3 N–H and O–H groups in total. The van der Waals surface area contributed by atoms with Gasteiger partial charge in [0.25, 0.3) is 11.8 Å². The molecule has 2 amide bonds. The normalized spacial score (nSPS) is 27.5. The van der Waals surface area contributed by atoms with Gasteiger partial charge in [0.05, 0.1) is 22.2 Å². The Hall–Kier alpha value is -2.16. The van der Waals surface area contributed by atoms with Crippen LogP contribution < -0.4 is 15.4 Å². The molecular formula is C21H22ClFN2O4S. The average molecular weight is 453 g/mol. The Bertz CT molecular complexity index is 944. The van der Waals surface area contributed by atoms with Crippen LogP contribution in [0.15, 0.2) is 35.0 Å². The predicted octanol–water partition coefficient (Wildman–Crippen LogP) is 3.28. The molecule has 30 heavy (non-hydrogen) atoms. The molecule has 0 radical (unpaired) electrons. The van der Waals surface area contributed by atoms with Crippen LogP contribution in [-0.4, -0.2) is 40.7 Å². The van der Waals surface area contributed by atoms with Gasteiger partial charge in [0.15, 0.2) is 6.61 Å². The molecule has 9 heteroatoms. The predicted molar refractivity (Wildman–Crippen MR) is 111 cm³/mol. The lowest BCUT2D eigenvalue weighted by atomic mass is 9.60. The molecule has 0 unspecified atom stereocenters. The van der Waals surface area contributed by atoms with Crippen molar-refractivity contribution in [3.8, 4) is 5.75 Å². The van der Waals surface area contributed by atoms with E-state index in [1.54, 1.807) is 11.4 Å². The first-order valence-electron chi connectivity index (χ1n) is 9.73. The van der Waals surface area contributed by atoms with E-state index in [0.29, 0.717) is 37.7 Å². The highest BCUT2D eigenvalue weighted by molar-refractivity contribution is 7.08. The number of carbonyl (C=O) groups is 2. The fourth-order valence-electron chi connectivity index (χ4n) is 4.40. The van der Waals surface area contributed by atoms with E-state index in [1.165, 1.54) is 23.5 Å². The molecule has 3 saturated carbocycles. The number of hydrogen-bond donors (Lipinski definition) is 3. The number of amides is 2. The zero-order chi connectivity index (χ0) is 21.4. The Morgan fingerprint density at radius 1 is 1.23 bits per heavy atom. The van der Waals surface area contributed by atoms with Crippen molar-refractivity contribution in [2.24, 2.45) is 0 Å². The Labute approximate surface area is 182 Å². The molecule has 1 atom stereocenters. The van der Waals surface area contributed by atoms with Crippen molar-refractivity contribution in [1.29, 1.82) is 0 Å². The number of rotatable bonds is 6. The molecule has 2 aromatic rings. The van der Waals surface area contributed by atoms with Crippen LogP contribution in [0.2, 0.25) is 5.02 Å². The summed E-state index contributed by atoms with van der Waals surface area (Å²) in [6.07, 6.45) is 2.05. The molecule has 1 aromatic carbocycles. The van der Waals surface area contributed by atoms with Crippen LogP contribution in [0.25, 0.3) is 0 Å². The number of aliphatic hydroxyl groups excluding tert-OH is 1. The van der Waals surface area contributed by atoms with E-state index in [1.807, 2.05) is 5.38 Å². The molecule has 1 heterocycles. The van der Waals surface area contributed by atoms with E-state index in [0.717, 1.165) is 6.07 Å². The molecule has 2 bridgehead atoms. The summed E-state index contributed by atoms with van der Waals surface area (Å²) in [4.78, 5) is 24.9. The Kier molecular flexibility index (Phi) is 5.74. The van der Waals surface area contributed by atoms with Gasteiger partial charge >= 0.3 is 0 Å². The van der Waals surface area contributed by atoms with Gasteiger partial charge in [-0.25, -0.2) is 4.39 Å². The van der Waals surface area contributed by atoms with Gasteiger partial charge in [0.2, 0.25) is 0 Å². The SMILES string of the molecule is O=C(COc1ccc(Cl)c(F)c1)NC12CCC(NC(=O)c3ccsc3)(CC1)C[C@@H]2O. The lowest BCUT2D eigenvalue weighted by Crippen LogP contribution is -2.70. The number of halogens is 2. The monoisotopic (exact) mass is 452 g/mol. The molecule has 160 valence electrons. The van der Waals surface area contributed by atoms with Gasteiger partial charge in [0.1, 0.15) is 11.6 Å². The second-order valence-corrected chi connectivity index (χ2v) is 9.22. The van der Waals surface area contributed by atoms with E-state index in [4.69, 9.17) is 16.3 Å². The zero-order valence-corrected chi connectivity index (χ0v) is 17.7. The summed E-state index contributed by atoms with van der Waals surface area (Å²) < 4.78 is 18.8. The lowest BCUT2D eigenvalue weighted by molar-refractivity contribution is -0.132. The van der Waals surface area contributed by atoms with Crippen molar-refractivity contribution in [3.63, 3.8) is 0 Å². The van der Waals surface area contributed by atoms with Crippen LogP contribution in [0, 0.1) is 5.82 Å². The summed E-state index contributed by atoms with van der Waals surface area (Å²) in [7, 11) is 0. The fourth-order valence-corrected chi connectivity index (χ4v) is 5.15. The molecule has 6 nitrogen and oxygen atoms in total. The molecule has 3 aliphatic carbocycles. The third kappa shape index (κ3) is 4.17. The second kappa shape index (κ2) is 8.17. The minimum Gasteiger partial charge on any atom is -0.484 e. The van der Waals surface area contributed by atoms with Gasteiger partial charge in [-0.1, -0.05) is 11.6 Å². The highest BCUT2D eigenvalue weighted by Crippen LogP contribution is 2.47. The smallest absolute Gasteiger partial charge is 0.258 e. The maximum atomic E-state index is 13.5. The van der Waals surface area contributed by atoms with Gasteiger partial charge in [-0.05, 0) is 55.7 Å². The van der Waals surface area contributed by atoms with Crippen LogP contribution in [0.3, 0.4) is 0 Å². The number of hydrogen-bond acceptors (Lipinski definition) is 5. The largest absolute Gasteiger partial charge is 0.484 e. The van der Waals surface area contributed by atoms with Crippen LogP contribution >= 0.6 is 22.9 Å². The standard InChI is InChI=1S/C21H22ClFN2O4S/c22-15-2-1-14(9-16(15)23)29-11-18(27)24-21-6-4-20(5-7-21,10-17(21)26)25-19(28)13-3-8-30-12-13/h1-3,8-9,12,17,26H,4-7,10-11H2,(H,24,27)(H,25,28)/t17-,20?,21?/m0/s1. The number of aliphatic hydroxyl groups is 1. The molecule has 3 aliphatic rings. The van der Waals surface area contributed by atoms with Gasteiger partial charge in [-0.15, -0.1) is 0 Å². The molecule has 1 aromatic heterocycles. The number of benzene rings is 1. The van der Waals surface area contributed by atoms with Crippen molar-refractivity contribution >= 4 is 34.8 Å². The number of ether oxygens (including phenoxy) is 1. The van der Waals surface area contributed by atoms with E-state index in [9.17, 15) is 19.1 Å². The van der Waals surface area contributed by atoms with Gasteiger partial charge < -0.3 is 20.5 Å². The van der Waals surface area contributed by atoms with E-state index >= 15 is 0 Å². The first-order valence-corrected chi connectivity index (χ1v) is 11.0. The van der Waals surface area contributed by atoms with Gasteiger partial charge in [0, 0.05) is 17.0 Å². The number of nitrogens with one attached hydrogen (secondary N) is 2. The molecule has 0 spiro atoms. The van der Waals surface area contributed by atoms with Crippen LogP contribution in [0.5, 0.6) is 5.75 Å². The Morgan fingerprint density at radius 3 is 2.63 bits per heavy atom. The third-order valence-electron chi connectivity index (χ3n) is 6.13. The maximum absolute atomic E-state index is 13.5. The first kappa shape index (κ1) is 21.1. The lowest BCUT2D eigenvalue weighted by Gasteiger charge is -2.56. The quantitative estimate of drug-likeness (QED) is 0.627. The number of fused-ring (bicyclic) bond motifs is 3. The summed E-state index contributed by atoms with van der Waals surface area (Å²) in [5.41, 5.74) is -0.571. The Morgan fingerprint density at radius 2 is 2.00 bits per heavy atom. The van der Waals surface area contributed by atoms with E-state index < -0.39 is 23.0 Å². The van der Waals surface area contributed by atoms with Gasteiger partial charge in [-0.2, -0.15) is 11.3 Å². The fraction of sp³-hybridized carbons (Fsp3) is 0.429. The number of carbonyl (C=O) groups excluding carboxylic acids is 2. The summed E-state index contributed by atoms with van der Waals surface area (Å²) in [6.45, 7) is -0.296. The third-order valence-corrected chi connectivity index (χ3v) is 7.12. The molecular weight excluding hydrogens is 431 g/mol. The molecule has 0 saturated heterocycles. The minimum absolute atomic E-state index is 0.0206. The maximum Gasteiger partial charge on any atom is 0.258 e. The van der Waals surface area contributed by atoms with E-state index in [2.05, 4.69) is 10.6 Å². The zero-order valence-electron chi connectivity index (χ0n) is 16.1. The first-order chi connectivity index (χ1) is 14.3. The van der Waals surface area contributed by atoms with Crippen molar-refractivity contribution in [3.05, 3.63) is 51.4 Å². The summed E-state index contributed by atoms with van der Waals surface area (Å²) in [5, 5.41) is 20.4. The van der Waals surface area contributed by atoms with Gasteiger partial charge in [-0.3, -0.25) is 9.59 Å². The van der Waals surface area contributed by atoms with Crippen molar-refractivity contribution in [2.45, 2.75) is 49.3 Å². The molecule has 0 aliphatic heterocycles.